The van der Waals surface area contributed by atoms with Crippen molar-refractivity contribution in [3.63, 3.8) is 0 Å². The molecule has 22 heavy (non-hydrogen) atoms. The Kier molecular flexibility index (Phi) is 5.33. The largest absolute Gasteiger partial charge is 0.395 e. The Hall–Kier alpha value is -1.28. The molecule has 2 rings (SSSR count). The number of nitrogens with one attached hydrogen (secondary N) is 2. The summed E-state index contributed by atoms with van der Waals surface area (Å²) in [6.07, 6.45) is -0.752. The van der Waals surface area contributed by atoms with E-state index in [4.69, 9.17) is 21.4 Å². The predicted octanol–water partition coefficient (Wildman–Crippen LogP) is 1.30. The van der Waals surface area contributed by atoms with E-state index >= 15 is 0 Å². The molecule has 0 amide bonds. The zero-order valence-corrected chi connectivity index (χ0v) is 13.2. The highest BCUT2D eigenvalue weighted by Gasteiger charge is 2.38. The summed E-state index contributed by atoms with van der Waals surface area (Å²) in [5.41, 5.74) is 2.09. The number of ether oxygens (including phenoxy) is 1. The fourth-order valence-electron chi connectivity index (χ4n) is 2.28. The molecule has 0 unspecified atom stereocenters. The number of hydrazine groups is 1. The Labute approximate surface area is 133 Å². The molecule has 1 aromatic rings. The zero-order valence-electron chi connectivity index (χ0n) is 12.5. The topological polar surface area (TPSA) is 73.6 Å². The standard InChI is InChI=1S/C14H20ClFN3O3/c1-14(2,11-4-3-9(15)5-12(11)16)18-19(21)13-6-17-10(7-20)8-22-13/h3-5,10,13,17,20H,6-8H2,1-2H3,(H,18,21)/q+1/t10-,13+/m1/s1. The molecule has 0 saturated carbocycles. The van der Waals surface area contributed by atoms with Crippen molar-refractivity contribution < 1.29 is 19.1 Å². The molecule has 8 heteroatoms. The molecule has 122 valence electrons. The van der Waals surface area contributed by atoms with Gasteiger partial charge in [-0.05, 0) is 26.0 Å². The number of morpholine rings is 1. The number of nitrogens with zero attached hydrogens (tertiary/aromatic N) is 1. The van der Waals surface area contributed by atoms with Gasteiger partial charge >= 0.3 is 6.23 Å². The minimum Gasteiger partial charge on any atom is -0.395 e. The van der Waals surface area contributed by atoms with Crippen molar-refractivity contribution in [3.05, 3.63) is 39.5 Å². The van der Waals surface area contributed by atoms with E-state index in [1.54, 1.807) is 26.0 Å². The van der Waals surface area contributed by atoms with Crippen LogP contribution < -0.4 is 10.7 Å². The highest BCUT2D eigenvalue weighted by Crippen LogP contribution is 2.25. The van der Waals surface area contributed by atoms with Gasteiger partial charge in [-0.3, -0.25) is 0 Å². The second kappa shape index (κ2) is 6.87. The van der Waals surface area contributed by atoms with Crippen LogP contribution in [0.25, 0.3) is 0 Å². The molecular formula is C14H20ClFN3O3+. The second-order valence-corrected chi connectivity index (χ2v) is 6.20. The van der Waals surface area contributed by atoms with Crippen LogP contribution in [0.4, 0.5) is 4.39 Å². The summed E-state index contributed by atoms with van der Waals surface area (Å²) >= 11 is 5.74. The van der Waals surface area contributed by atoms with Gasteiger partial charge in [-0.25, -0.2) is 4.39 Å². The lowest BCUT2D eigenvalue weighted by Crippen LogP contribution is -2.56. The zero-order chi connectivity index (χ0) is 16.3. The van der Waals surface area contributed by atoms with Crippen molar-refractivity contribution >= 4 is 11.6 Å². The quantitative estimate of drug-likeness (QED) is 0.560. The Morgan fingerprint density at radius 1 is 1.59 bits per heavy atom. The van der Waals surface area contributed by atoms with Gasteiger partial charge in [-0.15, -0.1) is 5.43 Å². The number of nitroso groups, excluding NO2 is 1. The predicted molar refractivity (Wildman–Crippen MR) is 79.8 cm³/mol. The van der Waals surface area contributed by atoms with Crippen LogP contribution in [0.5, 0.6) is 0 Å². The van der Waals surface area contributed by atoms with Crippen LogP contribution in [0.2, 0.25) is 5.02 Å². The number of benzene rings is 1. The summed E-state index contributed by atoms with van der Waals surface area (Å²) in [6.45, 7) is 3.83. The maximum atomic E-state index is 14.0. The first-order valence-electron chi connectivity index (χ1n) is 6.99. The van der Waals surface area contributed by atoms with Crippen molar-refractivity contribution in [3.8, 4) is 0 Å². The summed E-state index contributed by atoms with van der Waals surface area (Å²) in [4.78, 5) is 12.8. The third kappa shape index (κ3) is 3.92. The van der Waals surface area contributed by atoms with E-state index in [1.165, 1.54) is 6.07 Å². The van der Waals surface area contributed by atoms with Gasteiger partial charge in [0, 0.05) is 10.6 Å². The van der Waals surface area contributed by atoms with Crippen molar-refractivity contribution in [1.82, 2.24) is 10.7 Å². The average Bonchev–Trinajstić information content (AvgIpc) is 2.46. The van der Waals surface area contributed by atoms with Gasteiger partial charge in [0.2, 0.25) is 0 Å². The van der Waals surface area contributed by atoms with Gasteiger partial charge < -0.3 is 15.2 Å². The first-order chi connectivity index (χ1) is 10.3. The number of halogens is 2. The Balaban J connectivity index is 2.03. The molecule has 1 heterocycles. The van der Waals surface area contributed by atoms with Crippen LogP contribution in [-0.4, -0.2) is 42.0 Å². The van der Waals surface area contributed by atoms with Crippen LogP contribution in [-0.2, 0) is 10.3 Å². The van der Waals surface area contributed by atoms with Gasteiger partial charge in [0.15, 0.2) is 0 Å². The van der Waals surface area contributed by atoms with Crippen molar-refractivity contribution in [1.29, 1.82) is 0 Å². The van der Waals surface area contributed by atoms with Crippen molar-refractivity contribution in [2.24, 2.45) is 0 Å². The molecule has 6 nitrogen and oxygen atoms in total. The molecule has 0 spiro atoms. The fourth-order valence-corrected chi connectivity index (χ4v) is 2.44. The van der Waals surface area contributed by atoms with E-state index in [9.17, 15) is 9.30 Å². The molecule has 1 aromatic carbocycles. The Morgan fingerprint density at radius 3 is 2.86 bits per heavy atom. The maximum absolute atomic E-state index is 14.0. The van der Waals surface area contributed by atoms with Crippen molar-refractivity contribution in [2.75, 3.05) is 19.8 Å². The molecule has 3 N–H and O–H groups in total. The van der Waals surface area contributed by atoms with Crippen LogP contribution in [0, 0.1) is 10.7 Å². The SMILES string of the molecule is CC(C)(N[N+](=O)[C@@H]1CN[C@H](CO)CO1)c1ccc(Cl)cc1F. The molecule has 1 aliphatic rings. The van der Waals surface area contributed by atoms with Crippen LogP contribution in [0.1, 0.15) is 19.4 Å². The molecule has 2 atom stereocenters. The fraction of sp³-hybridized carbons (Fsp3) is 0.571. The van der Waals surface area contributed by atoms with E-state index < -0.39 is 17.6 Å². The molecular weight excluding hydrogens is 313 g/mol. The van der Waals surface area contributed by atoms with Crippen molar-refractivity contribution in [2.45, 2.75) is 31.7 Å². The van der Waals surface area contributed by atoms with E-state index in [1.807, 2.05) is 0 Å². The van der Waals surface area contributed by atoms with E-state index in [0.29, 0.717) is 15.5 Å². The molecule has 0 aromatic heterocycles. The Bertz CT molecular complexity index is 548. The molecule has 1 aliphatic heterocycles. The summed E-state index contributed by atoms with van der Waals surface area (Å²) in [5, 5.41) is 12.3. The number of hydrogen-bond donors (Lipinski definition) is 3. The second-order valence-electron chi connectivity index (χ2n) is 5.76. The monoisotopic (exact) mass is 332 g/mol. The van der Waals surface area contributed by atoms with E-state index in [0.717, 1.165) is 0 Å². The van der Waals surface area contributed by atoms with Crippen LogP contribution in [0.15, 0.2) is 18.2 Å². The molecule has 1 fully saturated rings. The van der Waals surface area contributed by atoms with Gasteiger partial charge in [0.05, 0.1) is 30.7 Å². The smallest absolute Gasteiger partial charge is 0.349 e. The number of rotatable bonds is 5. The summed E-state index contributed by atoms with van der Waals surface area (Å²) in [7, 11) is 0. The minimum absolute atomic E-state index is 0.0551. The average molecular weight is 333 g/mol. The summed E-state index contributed by atoms with van der Waals surface area (Å²) < 4.78 is 19.4. The first-order valence-corrected chi connectivity index (χ1v) is 7.37. The number of hydrogen-bond acceptors (Lipinski definition) is 4. The maximum Gasteiger partial charge on any atom is 0.349 e. The van der Waals surface area contributed by atoms with Crippen LogP contribution in [0.3, 0.4) is 0 Å². The highest BCUT2D eigenvalue weighted by molar-refractivity contribution is 6.30. The summed E-state index contributed by atoms with van der Waals surface area (Å²) in [5.74, 6) is -0.485. The lowest BCUT2D eigenvalue weighted by Gasteiger charge is -2.27. The lowest BCUT2D eigenvalue weighted by atomic mass is 9.95. The van der Waals surface area contributed by atoms with E-state index in [-0.39, 0.29) is 25.8 Å². The lowest BCUT2D eigenvalue weighted by molar-refractivity contribution is -0.690. The third-order valence-electron chi connectivity index (χ3n) is 3.55. The van der Waals surface area contributed by atoms with Gasteiger partial charge in [-0.2, -0.15) is 0 Å². The molecule has 1 saturated heterocycles. The molecule has 0 radical (unpaired) electrons. The number of aliphatic hydroxyl groups is 1. The Morgan fingerprint density at radius 2 is 2.32 bits per heavy atom. The van der Waals surface area contributed by atoms with Gasteiger partial charge in [-0.1, -0.05) is 17.7 Å². The number of aliphatic hydroxyl groups excluding tert-OH is 1. The normalized spacial score (nSPS) is 22.4. The minimum atomic E-state index is -0.937. The third-order valence-corrected chi connectivity index (χ3v) is 3.78. The van der Waals surface area contributed by atoms with Gasteiger partial charge in [0.25, 0.3) is 0 Å². The first kappa shape index (κ1) is 17.1. The van der Waals surface area contributed by atoms with Gasteiger partial charge in [0.1, 0.15) is 16.2 Å². The molecule has 0 aliphatic carbocycles. The highest BCUT2D eigenvalue weighted by atomic mass is 35.5. The van der Waals surface area contributed by atoms with E-state index in [2.05, 4.69) is 10.7 Å². The summed E-state index contributed by atoms with van der Waals surface area (Å²) in [6, 6.07) is 4.15. The van der Waals surface area contributed by atoms with Crippen LogP contribution >= 0.6 is 11.6 Å². The molecule has 0 bridgehead atoms.